The molecule has 0 bridgehead atoms. The lowest BCUT2D eigenvalue weighted by atomic mass is 10.0. The largest absolute Gasteiger partial charge is 0.491 e. The highest BCUT2D eigenvalue weighted by atomic mass is 35.5. The Morgan fingerprint density at radius 3 is 2.45 bits per heavy atom. The highest BCUT2D eigenvalue weighted by molar-refractivity contribution is 6.30. The fourth-order valence-electron chi connectivity index (χ4n) is 2.27. The minimum absolute atomic E-state index is 0.257. The van der Waals surface area contributed by atoms with Crippen molar-refractivity contribution in [3.63, 3.8) is 0 Å². The molecule has 2 aromatic carbocycles. The zero-order valence-corrected chi connectivity index (χ0v) is 12.5. The van der Waals surface area contributed by atoms with Crippen LogP contribution in [0.2, 0.25) is 5.02 Å². The second kappa shape index (κ2) is 6.78. The van der Waals surface area contributed by atoms with E-state index in [-0.39, 0.29) is 6.61 Å². The summed E-state index contributed by atoms with van der Waals surface area (Å²) in [6, 6.07) is 13.5. The van der Waals surface area contributed by atoms with Gasteiger partial charge in [-0.3, -0.25) is 0 Å². The number of aliphatic hydroxyl groups is 1. The average molecular weight is 291 g/mol. The first-order valence-corrected chi connectivity index (χ1v) is 7.04. The molecule has 0 aliphatic heterocycles. The van der Waals surface area contributed by atoms with Crippen molar-refractivity contribution in [3.8, 4) is 5.75 Å². The lowest BCUT2D eigenvalue weighted by Gasteiger charge is -2.13. The minimum Gasteiger partial charge on any atom is -0.491 e. The van der Waals surface area contributed by atoms with Crippen LogP contribution in [0.4, 0.5) is 0 Å². The molecule has 0 aliphatic carbocycles. The van der Waals surface area contributed by atoms with E-state index in [1.807, 2.05) is 12.1 Å². The van der Waals surface area contributed by atoms with Gasteiger partial charge in [0, 0.05) is 11.4 Å². The summed E-state index contributed by atoms with van der Waals surface area (Å²) in [5.41, 5.74) is 3.55. The highest BCUT2D eigenvalue weighted by Gasteiger charge is 2.08. The van der Waals surface area contributed by atoms with E-state index in [9.17, 15) is 5.11 Å². The molecule has 106 valence electrons. The maximum absolute atomic E-state index is 10.1. The minimum atomic E-state index is -0.532. The number of rotatable bonds is 5. The molecule has 0 saturated heterocycles. The van der Waals surface area contributed by atoms with Crippen LogP contribution in [-0.2, 0) is 6.42 Å². The van der Waals surface area contributed by atoms with E-state index >= 15 is 0 Å². The Bertz CT molecular complexity index is 561. The van der Waals surface area contributed by atoms with Crippen LogP contribution in [0.15, 0.2) is 42.5 Å². The van der Waals surface area contributed by atoms with Gasteiger partial charge in [0.1, 0.15) is 12.4 Å². The molecule has 1 unspecified atom stereocenters. The molecule has 1 atom stereocenters. The maximum atomic E-state index is 10.1. The summed E-state index contributed by atoms with van der Waals surface area (Å²) in [6.45, 7) is 4.38. The first kappa shape index (κ1) is 14.9. The molecule has 2 rings (SSSR count). The summed E-state index contributed by atoms with van der Waals surface area (Å²) in [7, 11) is 0. The summed E-state index contributed by atoms with van der Waals surface area (Å²) in [4.78, 5) is 0. The van der Waals surface area contributed by atoms with Gasteiger partial charge in [0.05, 0.1) is 6.10 Å². The molecule has 0 radical (unpaired) electrons. The van der Waals surface area contributed by atoms with Gasteiger partial charge in [-0.25, -0.2) is 0 Å². The van der Waals surface area contributed by atoms with Gasteiger partial charge in [-0.15, -0.1) is 0 Å². The van der Waals surface area contributed by atoms with Crippen molar-refractivity contribution in [2.45, 2.75) is 26.4 Å². The van der Waals surface area contributed by atoms with Gasteiger partial charge in [0.15, 0.2) is 0 Å². The second-order valence-electron chi connectivity index (χ2n) is 5.12. The number of ether oxygens (including phenoxy) is 1. The van der Waals surface area contributed by atoms with Gasteiger partial charge < -0.3 is 9.84 Å². The van der Waals surface area contributed by atoms with Crippen LogP contribution >= 0.6 is 11.6 Å². The smallest absolute Gasteiger partial charge is 0.120 e. The lowest BCUT2D eigenvalue weighted by molar-refractivity contribution is 0.108. The van der Waals surface area contributed by atoms with E-state index in [1.165, 1.54) is 11.1 Å². The van der Waals surface area contributed by atoms with Crippen molar-refractivity contribution in [1.82, 2.24) is 0 Å². The van der Waals surface area contributed by atoms with Crippen LogP contribution in [0.5, 0.6) is 5.75 Å². The zero-order valence-electron chi connectivity index (χ0n) is 11.8. The quantitative estimate of drug-likeness (QED) is 0.904. The zero-order chi connectivity index (χ0) is 14.5. The Hall–Kier alpha value is -1.51. The summed E-state index contributed by atoms with van der Waals surface area (Å²) in [5.74, 6) is 0.678. The molecular weight excluding hydrogens is 272 g/mol. The van der Waals surface area contributed by atoms with Crippen LogP contribution in [0.25, 0.3) is 0 Å². The molecule has 3 heteroatoms. The van der Waals surface area contributed by atoms with Gasteiger partial charge in [-0.1, -0.05) is 47.0 Å². The number of hydrogen-bond acceptors (Lipinski definition) is 2. The number of aliphatic hydroxyl groups excluding tert-OH is 1. The molecule has 0 fully saturated rings. The summed E-state index contributed by atoms with van der Waals surface area (Å²) < 4.78 is 5.55. The van der Waals surface area contributed by atoms with Crippen LogP contribution in [0.1, 0.15) is 16.7 Å². The van der Waals surface area contributed by atoms with Crippen molar-refractivity contribution >= 4 is 11.6 Å². The lowest BCUT2D eigenvalue weighted by Crippen LogP contribution is -2.20. The topological polar surface area (TPSA) is 29.5 Å². The second-order valence-corrected chi connectivity index (χ2v) is 5.56. The van der Waals surface area contributed by atoms with Crippen molar-refractivity contribution in [3.05, 3.63) is 64.2 Å². The standard InChI is InChI=1S/C17H19ClO2/c1-12-6-13(2)8-14(7-12)9-16(19)11-20-17-5-3-4-15(18)10-17/h3-8,10,16,19H,9,11H2,1-2H3. The van der Waals surface area contributed by atoms with Gasteiger partial charge in [-0.05, 0) is 37.6 Å². The van der Waals surface area contributed by atoms with E-state index in [2.05, 4.69) is 32.0 Å². The van der Waals surface area contributed by atoms with Crippen molar-refractivity contribution in [2.24, 2.45) is 0 Å². The fraction of sp³-hybridized carbons (Fsp3) is 0.294. The number of benzene rings is 2. The predicted octanol–water partition coefficient (Wildman–Crippen LogP) is 3.94. The third-order valence-electron chi connectivity index (χ3n) is 2.99. The third-order valence-corrected chi connectivity index (χ3v) is 3.23. The maximum Gasteiger partial charge on any atom is 0.120 e. The SMILES string of the molecule is Cc1cc(C)cc(CC(O)COc2cccc(Cl)c2)c1. The Labute approximate surface area is 125 Å². The molecule has 2 aromatic rings. The molecule has 0 aliphatic rings. The molecule has 20 heavy (non-hydrogen) atoms. The predicted molar refractivity (Wildman–Crippen MR) is 82.6 cm³/mol. The van der Waals surface area contributed by atoms with Crippen molar-refractivity contribution < 1.29 is 9.84 Å². The number of aryl methyl sites for hydroxylation is 2. The van der Waals surface area contributed by atoms with Gasteiger partial charge in [-0.2, -0.15) is 0 Å². The van der Waals surface area contributed by atoms with Gasteiger partial charge >= 0.3 is 0 Å². The van der Waals surface area contributed by atoms with E-state index in [1.54, 1.807) is 12.1 Å². The molecule has 0 amide bonds. The summed E-state index contributed by atoms with van der Waals surface area (Å²) >= 11 is 5.88. The summed E-state index contributed by atoms with van der Waals surface area (Å²) in [6.07, 6.45) is 0.0542. The molecule has 0 spiro atoms. The van der Waals surface area contributed by atoms with E-state index in [4.69, 9.17) is 16.3 Å². The molecule has 2 nitrogen and oxygen atoms in total. The van der Waals surface area contributed by atoms with Crippen LogP contribution < -0.4 is 4.74 Å². The highest BCUT2D eigenvalue weighted by Crippen LogP contribution is 2.18. The Balaban J connectivity index is 1.90. The van der Waals surface area contributed by atoms with Crippen molar-refractivity contribution in [2.75, 3.05) is 6.61 Å². The fourth-order valence-corrected chi connectivity index (χ4v) is 2.45. The Morgan fingerprint density at radius 2 is 1.80 bits per heavy atom. The van der Waals surface area contributed by atoms with Crippen LogP contribution in [-0.4, -0.2) is 17.8 Å². The molecule has 1 N–H and O–H groups in total. The third kappa shape index (κ3) is 4.55. The Kier molecular flexibility index (Phi) is 5.05. The average Bonchev–Trinajstić information content (AvgIpc) is 2.35. The van der Waals surface area contributed by atoms with Gasteiger partial charge in [0.25, 0.3) is 0 Å². The van der Waals surface area contributed by atoms with Crippen LogP contribution in [0.3, 0.4) is 0 Å². The monoisotopic (exact) mass is 290 g/mol. The normalized spacial score (nSPS) is 12.2. The van der Waals surface area contributed by atoms with E-state index < -0.39 is 6.10 Å². The van der Waals surface area contributed by atoms with Crippen LogP contribution in [0, 0.1) is 13.8 Å². The number of hydrogen-bond donors (Lipinski definition) is 1. The first-order valence-electron chi connectivity index (χ1n) is 6.66. The van der Waals surface area contributed by atoms with E-state index in [0.29, 0.717) is 17.2 Å². The molecule has 0 heterocycles. The van der Waals surface area contributed by atoms with Crippen molar-refractivity contribution in [1.29, 1.82) is 0 Å². The molecular formula is C17H19ClO2. The van der Waals surface area contributed by atoms with Gasteiger partial charge in [0.2, 0.25) is 0 Å². The number of halogens is 1. The summed E-state index contributed by atoms with van der Waals surface area (Å²) in [5, 5.41) is 10.7. The van der Waals surface area contributed by atoms with E-state index in [0.717, 1.165) is 5.56 Å². The Morgan fingerprint density at radius 1 is 1.10 bits per heavy atom. The first-order chi connectivity index (χ1) is 9.52. The molecule has 0 aromatic heterocycles. The molecule has 0 saturated carbocycles.